The Labute approximate surface area is 97.0 Å². The summed E-state index contributed by atoms with van der Waals surface area (Å²) in [6.45, 7) is 0. The first-order chi connectivity index (χ1) is 7.51. The topological polar surface area (TPSA) is 9.23 Å². The molecule has 0 aromatic heterocycles. The molecule has 0 heterocycles. The molecule has 0 unspecified atom stereocenters. The van der Waals surface area contributed by atoms with Crippen LogP contribution in [0.2, 0.25) is 0 Å². The zero-order chi connectivity index (χ0) is 12.0. The Balaban J connectivity index is 2.76. The van der Waals surface area contributed by atoms with Gasteiger partial charge in [0.2, 0.25) is 0 Å². The molecular formula is C11H9F3OS. The minimum Gasteiger partial charge on any atom is -0.406 e. The van der Waals surface area contributed by atoms with E-state index >= 15 is 0 Å². The van der Waals surface area contributed by atoms with Crippen LogP contribution in [0.4, 0.5) is 13.2 Å². The molecule has 0 amide bonds. The minimum atomic E-state index is -4.67. The van der Waals surface area contributed by atoms with Crippen molar-refractivity contribution in [3.05, 3.63) is 29.8 Å². The van der Waals surface area contributed by atoms with Crippen LogP contribution in [0.25, 0.3) is 0 Å². The summed E-state index contributed by atoms with van der Waals surface area (Å²) in [6, 6.07) is 5.57. The fourth-order valence-corrected chi connectivity index (χ4v) is 1.10. The van der Waals surface area contributed by atoms with Crippen molar-refractivity contribution in [2.75, 3.05) is 5.75 Å². The summed E-state index contributed by atoms with van der Waals surface area (Å²) in [4.78, 5) is 0. The van der Waals surface area contributed by atoms with E-state index in [0.29, 0.717) is 17.7 Å². The lowest BCUT2D eigenvalue weighted by molar-refractivity contribution is -0.274. The molecule has 1 aromatic rings. The van der Waals surface area contributed by atoms with Gasteiger partial charge in [-0.2, -0.15) is 12.6 Å². The van der Waals surface area contributed by atoms with Crippen molar-refractivity contribution in [2.45, 2.75) is 12.8 Å². The van der Waals surface area contributed by atoms with E-state index < -0.39 is 6.36 Å². The van der Waals surface area contributed by atoms with Gasteiger partial charge in [-0.05, 0) is 18.2 Å². The molecule has 0 aliphatic carbocycles. The molecule has 86 valence electrons. The quantitative estimate of drug-likeness (QED) is 0.622. The van der Waals surface area contributed by atoms with E-state index in [1.165, 1.54) is 18.2 Å². The van der Waals surface area contributed by atoms with Gasteiger partial charge in [0.15, 0.2) is 0 Å². The molecule has 16 heavy (non-hydrogen) atoms. The molecule has 0 radical (unpaired) electrons. The van der Waals surface area contributed by atoms with Gasteiger partial charge in [0.25, 0.3) is 0 Å². The number of halogens is 3. The van der Waals surface area contributed by atoms with Gasteiger partial charge in [0.1, 0.15) is 5.75 Å². The first kappa shape index (κ1) is 12.8. The Kier molecular flexibility index (Phi) is 4.56. The van der Waals surface area contributed by atoms with Gasteiger partial charge in [0.05, 0.1) is 0 Å². The summed E-state index contributed by atoms with van der Waals surface area (Å²) < 4.78 is 39.5. The fraction of sp³-hybridized carbons (Fsp3) is 0.273. The third-order valence-corrected chi connectivity index (χ3v) is 1.76. The van der Waals surface area contributed by atoms with Crippen LogP contribution < -0.4 is 4.74 Å². The van der Waals surface area contributed by atoms with E-state index in [-0.39, 0.29) is 5.75 Å². The van der Waals surface area contributed by atoms with E-state index in [1.54, 1.807) is 6.07 Å². The fourth-order valence-electron chi connectivity index (χ4n) is 0.991. The average molecular weight is 246 g/mol. The normalized spacial score (nSPS) is 10.5. The molecule has 0 saturated carbocycles. The number of rotatable bonds is 2. The van der Waals surface area contributed by atoms with Gasteiger partial charge in [-0.15, -0.1) is 13.2 Å². The van der Waals surface area contributed by atoms with Crippen LogP contribution in [-0.4, -0.2) is 12.1 Å². The SMILES string of the molecule is FC(F)(F)Oc1cccc(C#CCCS)c1. The molecule has 5 heteroatoms. The number of ether oxygens (including phenoxy) is 1. The minimum absolute atomic E-state index is 0.259. The summed E-state index contributed by atoms with van der Waals surface area (Å²) in [5.41, 5.74) is 0.489. The Morgan fingerprint density at radius 3 is 2.69 bits per heavy atom. The summed E-state index contributed by atoms with van der Waals surface area (Å²) in [5, 5.41) is 0. The molecular weight excluding hydrogens is 237 g/mol. The number of benzene rings is 1. The molecule has 0 saturated heterocycles. The predicted octanol–water partition coefficient (Wildman–Crippen LogP) is 3.26. The van der Waals surface area contributed by atoms with Crippen molar-refractivity contribution >= 4 is 12.6 Å². The molecule has 0 fully saturated rings. The number of hydrogen-bond acceptors (Lipinski definition) is 2. The molecule has 0 bridgehead atoms. The van der Waals surface area contributed by atoms with Crippen LogP contribution in [0.3, 0.4) is 0 Å². The molecule has 1 aromatic carbocycles. The highest BCUT2D eigenvalue weighted by Crippen LogP contribution is 2.22. The van der Waals surface area contributed by atoms with Gasteiger partial charge < -0.3 is 4.74 Å². The van der Waals surface area contributed by atoms with E-state index in [1.807, 2.05) is 0 Å². The van der Waals surface area contributed by atoms with Gasteiger partial charge in [0, 0.05) is 17.7 Å². The maximum Gasteiger partial charge on any atom is 0.573 e. The summed E-state index contributed by atoms with van der Waals surface area (Å²) >= 11 is 3.97. The Morgan fingerprint density at radius 1 is 1.31 bits per heavy atom. The van der Waals surface area contributed by atoms with Crippen LogP contribution in [0.1, 0.15) is 12.0 Å². The highest BCUT2D eigenvalue weighted by Gasteiger charge is 2.30. The third kappa shape index (κ3) is 4.99. The largest absolute Gasteiger partial charge is 0.573 e. The van der Waals surface area contributed by atoms with Crippen LogP contribution >= 0.6 is 12.6 Å². The van der Waals surface area contributed by atoms with E-state index in [4.69, 9.17) is 0 Å². The standard InChI is InChI=1S/C11H9F3OS/c12-11(13,14)15-10-6-3-5-9(8-10)4-1-2-7-16/h3,5-6,8,16H,2,7H2. The molecule has 0 N–H and O–H groups in total. The highest BCUT2D eigenvalue weighted by molar-refractivity contribution is 7.80. The third-order valence-electron chi connectivity index (χ3n) is 1.54. The van der Waals surface area contributed by atoms with Crippen LogP contribution in [0, 0.1) is 11.8 Å². The summed E-state index contributed by atoms with van der Waals surface area (Å²) in [7, 11) is 0. The maximum absolute atomic E-state index is 11.9. The highest BCUT2D eigenvalue weighted by atomic mass is 32.1. The smallest absolute Gasteiger partial charge is 0.406 e. The van der Waals surface area contributed by atoms with Crippen LogP contribution in [0.15, 0.2) is 24.3 Å². The zero-order valence-electron chi connectivity index (χ0n) is 8.21. The molecule has 1 nitrogen and oxygen atoms in total. The van der Waals surface area contributed by atoms with E-state index in [2.05, 4.69) is 29.2 Å². The van der Waals surface area contributed by atoms with Crippen molar-refractivity contribution < 1.29 is 17.9 Å². The number of thiol groups is 1. The van der Waals surface area contributed by atoms with Crippen molar-refractivity contribution in [1.82, 2.24) is 0 Å². The lowest BCUT2D eigenvalue weighted by Crippen LogP contribution is -2.17. The zero-order valence-corrected chi connectivity index (χ0v) is 9.11. The molecule has 0 spiro atoms. The van der Waals surface area contributed by atoms with Crippen molar-refractivity contribution in [3.8, 4) is 17.6 Å². The van der Waals surface area contributed by atoms with E-state index in [9.17, 15) is 13.2 Å². The molecule has 1 rings (SSSR count). The summed E-state index contributed by atoms with van der Waals surface area (Å²) in [6.07, 6.45) is -4.08. The van der Waals surface area contributed by atoms with Gasteiger partial charge in [-0.3, -0.25) is 0 Å². The Hall–Kier alpha value is -1.28. The summed E-state index contributed by atoms with van der Waals surface area (Å²) in [5.74, 6) is 5.86. The lowest BCUT2D eigenvalue weighted by Gasteiger charge is -2.08. The van der Waals surface area contributed by atoms with Crippen molar-refractivity contribution in [1.29, 1.82) is 0 Å². The monoisotopic (exact) mass is 246 g/mol. The number of alkyl halides is 3. The Bertz CT molecular complexity index is 404. The first-order valence-electron chi connectivity index (χ1n) is 4.47. The average Bonchev–Trinajstić information content (AvgIpc) is 2.16. The maximum atomic E-state index is 11.9. The second-order valence-electron chi connectivity index (χ2n) is 2.85. The first-order valence-corrected chi connectivity index (χ1v) is 5.10. The van der Waals surface area contributed by atoms with Gasteiger partial charge >= 0.3 is 6.36 Å². The molecule has 0 aliphatic heterocycles. The second-order valence-corrected chi connectivity index (χ2v) is 3.30. The number of hydrogen-bond donors (Lipinski definition) is 1. The van der Waals surface area contributed by atoms with Gasteiger partial charge in [-0.1, -0.05) is 17.9 Å². The second kappa shape index (κ2) is 5.71. The van der Waals surface area contributed by atoms with Crippen LogP contribution in [0.5, 0.6) is 5.75 Å². The van der Waals surface area contributed by atoms with Gasteiger partial charge in [-0.25, -0.2) is 0 Å². The molecule has 0 atom stereocenters. The lowest BCUT2D eigenvalue weighted by atomic mass is 10.2. The van der Waals surface area contributed by atoms with E-state index in [0.717, 1.165) is 0 Å². The van der Waals surface area contributed by atoms with Crippen molar-refractivity contribution in [3.63, 3.8) is 0 Å². The predicted molar refractivity (Wildman–Crippen MR) is 58.5 cm³/mol. The van der Waals surface area contributed by atoms with Crippen molar-refractivity contribution in [2.24, 2.45) is 0 Å². The van der Waals surface area contributed by atoms with Crippen LogP contribution in [-0.2, 0) is 0 Å². The Morgan fingerprint density at radius 2 is 2.06 bits per heavy atom. The molecule has 0 aliphatic rings.